The summed E-state index contributed by atoms with van der Waals surface area (Å²) >= 11 is 0. The molecular weight excluding hydrogens is 400 g/mol. The van der Waals surface area contributed by atoms with Crippen molar-refractivity contribution in [2.24, 2.45) is 5.14 Å². The van der Waals surface area contributed by atoms with Gasteiger partial charge in [0.15, 0.2) is 0 Å². The molecule has 4 rings (SSSR count). The maximum absolute atomic E-state index is 12.7. The number of imidazole rings is 1. The van der Waals surface area contributed by atoms with Gasteiger partial charge in [-0.25, -0.2) is 18.5 Å². The third kappa shape index (κ3) is 4.24. The number of anilines is 1. The topological polar surface area (TPSA) is 107 Å². The highest BCUT2D eigenvalue weighted by atomic mass is 32.2. The molecule has 3 aromatic carbocycles. The number of fused-ring (bicyclic) bond motifs is 1. The van der Waals surface area contributed by atoms with Crippen LogP contribution in [0.1, 0.15) is 21.7 Å². The van der Waals surface area contributed by atoms with Gasteiger partial charge < -0.3 is 5.32 Å². The molecule has 0 aliphatic carbocycles. The minimum Gasteiger partial charge on any atom is -0.322 e. The summed E-state index contributed by atoms with van der Waals surface area (Å²) in [5, 5.41) is 7.89. The van der Waals surface area contributed by atoms with Crippen LogP contribution in [-0.4, -0.2) is 23.9 Å². The smallest absolute Gasteiger partial charge is 0.255 e. The number of carbonyl (C=O) groups is 1. The number of primary sulfonamides is 1. The lowest BCUT2D eigenvalue weighted by Crippen LogP contribution is -2.15. The fourth-order valence-electron chi connectivity index (χ4n) is 3.42. The molecule has 7 nitrogen and oxygen atoms in total. The van der Waals surface area contributed by atoms with Gasteiger partial charge in [0.2, 0.25) is 10.0 Å². The number of nitrogens with one attached hydrogen (secondary N) is 1. The monoisotopic (exact) mass is 420 g/mol. The van der Waals surface area contributed by atoms with Crippen molar-refractivity contribution in [1.82, 2.24) is 9.55 Å². The number of para-hydroxylation sites is 1. The first-order valence-electron chi connectivity index (χ1n) is 9.25. The molecule has 0 aliphatic heterocycles. The summed E-state index contributed by atoms with van der Waals surface area (Å²) in [7, 11) is -3.65. The van der Waals surface area contributed by atoms with Crippen LogP contribution in [0.25, 0.3) is 16.7 Å². The highest BCUT2D eigenvalue weighted by molar-refractivity contribution is 7.88. The summed E-state index contributed by atoms with van der Waals surface area (Å²) in [6, 6.07) is 21.8. The van der Waals surface area contributed by atoms with E-state index in [9.17, 15) is 13.2 Å². The Morgan fingerprint density at radius 2 is 1.80 bits per heavy atom. The Morgan fingerprint density at radius 1 is 1.03 bits per heavy atom. The summed E-state index contributed by atoms with van der Waals surface area (Å²) in [5.41, 5.74) is 4.08. The fourth-order valence-corrected chi connectivity index (χ4v) is 4.06. The van der Waals surface area contributed by atoms with Crippen LogP contribution in [0.15, 0.2) is 72.8 Å². The Labute approximate surface area is 174 Å². The predicted molar refractivity (Wildman–Crippen MR) is 117 cm³/mol. The minimum atomic E-state index is -3.65. The molecule has 1 aromatic heterocycles. The van der Waals surface area contributed by atoms with Gasteiger partial charge in [-0.3, -0.25) is 9.36 Å². The van der Waals surface area contributed by atoms with Gasteiger partial charge in [0.25, 0.3) is 5.91 Å². The number of aromatic nitrogens is 2. The van der Waals surface area contributed by atoms with Gasteiger partial charge in [0.1, 0.15) is 5.82 Å². The Kier molecular flexibility index (Phi) is 5.11. The number of amides is 1. The van der Waals surface area contributed by atoms with Crippen LogP contribution < -0.4 is 10.5 Å². The molecule has 3 N–H and O–H groups in total. The summed E-state index contributed by atoms with van der Waals surface area (Å²) in [6.45, 7) is 1.92. The first-order chi connectivity index (χ1) is 14.3. The van der Waals surface area contributed by atoms with Crippen LogP contribution in [0.3, 0.4) is 0 Å². The molecule has 0 unspecified atom stereocenters. The number of sulfonamides is 1. The van der Waals surface area contributed by atoms with Crippen molar-refractivity contribution < 1.29 is 13.2 Å². The summed E-state index contributed by atoms with van der Waals surface area (Å²) in [5.74, 6) is 0.222. The van der Waals surface area contributed by atoms with Crippen molar-refractivity contribution in [1.29, 1.82) is 0 Å². The molecule has 0 fully saturated rings. The van der Waals surface area contributed by atoms with Gasteiger partial charge in [-0.2, -0.15) is 0 Å². The van der Waals surface area contributed by atoms with Gasteiger partial charge in [0, 0.05) is 16.9 Å². The Bertz CT molecular complexity index is 1350. The van der Waals surface area contributed by atoms with Crippen molar-refractivity contribution in [3.63, 3.8) is 0 Å². The van der Waals surface area contributed by atoms with E-state index in [-0.39, 0.29) is 11.7 Å². The van der Waals surface area contributed by atoms with Gasteiger partial charge in [-0.1, -0.05) is 30.3 Å². The van der Waals surface area contributed by atoms with E-state index in [1.54, 1.807) is 36.4 Å². The maximum Gasteiger partial charge on any atom is 0.255 e. The number of aryl methyl sites for hydroxylation is 1. The predicted octanol–water partition coefficient (Wildman–Crippen LogP) is 3.37. The highest BCUT2D eigenvalue weighted by Gasteiger charge is 2.13. The van der Waals surface area contributed by atoms with Crippen LogP contribution >= 0.6 is 0 Å². The Balaban J connectivity index is 1.61. The normalized spacial score (nSPS) is 11.5. The van der Waals surface area contributed by atoms with E-state index < -0.39 is 10.0 Å². The largest absolute Gasteiger partial charge is 0.322 e. The average Bonchev–Trinajstić information content (AvgIpc) is 3.02. The van der Waals surface area contributed by atoms with E-state index in [4.69, 9.17) is 5.14 Å². The zero-order chi connectivity index (χ0) is 21.3. The molecule has 4 aromatic rings. The number of carbonyl (C=O) groups excluding carboxylic acids is 1. The summed E-state index contributed by atoms with van der Waals surface area (Å²) in [4.78, 5) is 17.3. The first kappa shape index (κ1) is 19.8. The Hall–Kier alpha value is -3.49. The van der Waals surface area contributed by atoms with Crippen molar-refractivity contribution in [2.45, 2.75) is 12.7 Å². The third-order valence-corrected chi connectivity index (χ3v) is 5.39. The van der Waals surface area contributed by atoms with Gasteiger partial charge in [-0.05, 0) is 55.0 Å². The van der Waals surface area contributed by atoms with E-state index >= 15 is 0 Å². The first-order valence-corrected chi connectivity index (χ1v) is 11.0. The summed E-state index contributed by atoms with van der Waals surface area (Å²) in [6.07, 6.45) is 0. The quantitative estimate of drug-likeness (QED) is 0.516. The standard InChI is InChI=1S/C22H20N4O3S/c1-15-24-20-13-17(10-11-21(20)26(15)19-8-3-2-4-9-19)22(27)25-18-7-5-6-16(12-18)14-30(23,28)29/h2-13H,14H2,1H3,(H,25,27)(H2,23,28,29). The maximum atomic E-state index is 12.7. The van der Waals surface area contributed by atoms with Crippen molar-refractivity contribution in [3.8, 4) is 5.69 Å². The number of rotatable bonds is 5. The lowest BCUT2D eigenvalue weighted by atomic mass is 10.1. The number of benzene rings is 3. The lowest BCUT2D eigenvalue weighted by molar-refractivity contribution is 0.102. The van der Waals surface area contributed by atoms with E-state index in [1.807, 2.05) is 47.9 Å². The van der Waals surface area contributed by atoms with Crippen molar-refractivity contribution in [2.75, 3.05) is 5.32 Å². The van der Waals surface area contributed by atoms with Crippen LogP contribution in [-0.2, 0) is 15.8 Å². The number of nitrogens with two attached hydrogens (primary N) is 1. The molecular formula is C22H20N4O3S. The number of hydrogen-bond acceptors (Lipinski definition) is 4. The van der Waals surface area contributed by atoms with Crippen LogP contribution in [0.4, 0.5) is 5.69 Å². The Morgan fingerprint density at radius 3 is 2.53 bits per heavy atom. The minimum absolute atomic E-state index is 0.293. The second kappa shape index (κ2) is 7.74. The molecule has 0 aliphatic rings. The van der Waals surface area contributed by atoms with Crippen molar-refractivity contribution in [3.05, 3.63) is 89.7 Å². The van der Waals surface area contributed by atoms with Crippen LogP contribution in [0, 0.1) is 6.92 Å². The molecule has 0 saturated carbocycles. The highest BCUT2D eigenvalue weighted by Crippen LogP contribution is 2.23. The molecule has 152 valence electrons. The molecule has 0 atom stereocenters. The molecule has 0 spiro atoms. The van der Waals surface area contributed by atoms with Crippen LogP contribution in [0.5, 0.6) is 0 Å². The molecule has 1 heterocycles. The fraction of sp³-hybridized carbons (Fsp3) is 0.0909. The molecule has 0 bridgehead atoms. The van der Waals surface area contributed by atoms with E-state index in [1.165, 1.54) is 0 Å². The van der Waals surface area contributed by atoms with Crippen LogP contribution in [0.2, 0.25) is 0 Å². The second-order valence-electron chi connectivity index (χ2n) is 7.00. The molecule has 1 amide bonds. The van der Waals surface area contributed by atoms with E-state index in [0.717, 1.165) is 17.0 Å². The zero-order valence-electron chi connectivity index (χ0n) is 16.2. The molecule has 30 heavy (non-hydrogen) atoms. The molecule has 0 radical (unpaired) electrons. The molecule has 0 saturated heterocycles. The zero-order valence-corrected chi connectivity index (χ0v) is 17.1. The molecule has 8 heteroatoms. The van der Waals surface area contributed by atoms with E-state index in [2.05, 4.69) is 10.3 Å². The van der Waals surface area contributed by atoms with Gasteiger partial charge in [0.05, 0.1) is 16.8 Å². The van der Waals surface area contributed by atoms with Gasteiger partial charge >= 0.3 is 0 Å². The summed E-state index contributed by atoms with van der Waals surface area (Å²) < 4.78 is 24.6. The van der Waals surface area contributed by atoms with Crippen molar-refractivity contribution >= 4 is 32.7 Å². The SMILES string of the molecule is Cc1nc2cc(C(=O)Nc3cccc(CS(N)(=O)=O)c3)ccc2n1-c1ccccc1. The van der Waals surface area contributed by atoms with Gasteiger partial charge in [-0.15, -0.1) is 0 Å². The second-order valence-corrected chi connectivity index (χ2v) is 8.61. The third-order valence-electron chi connectivity index (χ3n) is 4.65. The number of hydrogen-bond donors (Lipinski definition) is 2. The average molecular weight is 420 g/mol. The number of nitrogens with zero attached hydrogens (tertiary/aromatic N) is 2. The lowest BCUT2D eigenvalue weighted by Gasteiger charge is -2.08. The van der Waals surface area contributed by atoms with E-state index in [0.29, 0.717) is 22.3 Å².